The average Bonchev–Trinajstić information content (AvgIpc) is 3.50. The molecule has 1 heterocycles. The minimum atomic E-state index is 0.0898. The van der Waals surface area contributed by atoms with Crippen LogP contribution in [0.2, 0.25) is 0 Å². The minimum Gasteiger partial charge on any atom is -0.378 e. The minimum absolute atomic E-state index is 0.0898. The molecule has 2 aromatic carbocycles. The van der Waals surface area contributed by atoms with Crippen molar-refractivity contribution in [3.63, 3.8) is 0 Å². The van der Waals surface area contributed by atoms with Crippen LogP contribution in [0.3, 0.4) is 0 Å². The molecule has 1 aliphatic heterocycles. The van der Waals surface area contributed by atoms with Crippen molar-refractivity contribution in [3.8, 4) is 0 Å². The maximum absolute atomic E-state index is 13.0. The summed E-state index contributed by atoms with van der Waals surface area (Å²) in [4.78, 5) is 13.0. The third-order valence-corrected chi connectivity index (χ3v) is 10.2. The number of carbonyl (C=O) groups is 1. The molecule has 0 spiro atoms. The monoisotopic (exact) mass is 460 g/mol. The maximum Gasteiger partial charge on any atom is 0.251 e. The lowest BCUT2D eigenvalue weighted by Crippen LogP contribution is -2.36. The van der Waals surface area contributed by atoms with Gasteiger partial charge >= 0.3 is 0 Å². The Labute approximate surface area is 202 Å². The van der Waals surface area contributed by atoms with Gasteiger partial charge in [0.2, 0.25) is 0 Å². The molecule has 0 saturated heterocycles. The second kappa shape index (κ2) is 9.37. The van der Waals surface area contributed by atoms with Crippen LogP contribution in [0.4, 0.5) is 5.69 Å². The first-order valence-corrected chi connectivity index (χ1v) is 14.2. The lowest BCUT2D eigenvalue weighted by molar-refractivity contribution is 0.0956. The van der Waals surface area contributed by atoms with Gasteiger partial charge in [-0.15, -0.1) is 0 Å². The third-order valence-electron chi connectivity index (χ3n) is 8.80. The van der Waals surface area contributed by atoms with E-state index >= 15 is 0 Å². The summed E-state index contributed by atoms with van der Waals surface area (Å²) in [5.41, 5.74) is 4.87. The van der Waals surface area contributed by atoms with Crippen LogP contribution in [-0.4, -0.2) is 23.5 Å². The number of carbonyl (C=O) groups excluding carboxylic acids is 1. The number of rotatable bonds is 6. The van der Waals surface area contributed by atoms with Crippen LogP contribution in [0.15, 0.2) is 48.5 Å². The fourth-order valence-electron chi connectivity index (χ4n) is 7.34. The van der Waals surface area contributed by atoms with Gasteiger partial charge < -0.3 is 10.6 Å². The summed E-state index contributed by atoms with van der Waals surface area (Å²) in [6, 6.07) is 17.8. The molecule has 0 unspecified atom stereocenters. The summed E-state index contributed by atoms with van der Waals surface area (Å²) in [5, 5.41) is 7.89. The van der Waals surface area contributed by atoms with Crippen molar-refractivity contribution in [2.75, 3.05) is 17.6 Å². The highest BCUT2D eigenvalue weighted by molar-refractivity contribution is 7.99. The van der Waals surface area contributed by atoms with Crippen molar-refractivity contribution in [1.82, 2.24) is 5.32 Å². The molecule has 1 amide bonds. The van der Waals surface area contributed by atoms with Gasteiger partial charge in [0.05, 0.1) is 6.04 Å². The molecule has 2 N–H and O–H groups in total. The van der Waals surface area contributed by atoms with Crippen molar-refractivity contribution < 1.29 is 4.79 Å². The van der Waals surface area contributed by atoms with Crippen molar-refractivity contribution in [2.45, 2.75) is 68.6 Å². The fourth-order valence-corrected chi connectivity index (χ4v) is 8.56. The third kappa shape index (κ3) is 4.20. The Hall–Kier alpha value is -1.94. The van der Waals surface area contributed by atoms with Crippen LogP contribution < -0.4 is 10.6 Å². The van der Waals surface area contributed by atoms with E-state index in [9.17, 15) is 4.79 Å². The Morgan fingerprint density at radius 2 is 1.79 bits per heavy atom. The van der Waals surface area contributed by atoms with E-state index in [1.165, 1.54) is 68.2 Å². The van der Waals surface area contributed by atoms with Crippen LogP contribution in [-0.2, 0) is 0 Å². The second-order valence-corrected chi connectivity index (χ2v) is 12.1. The molecule has 3 saturated carbocycles. The Bertz CT molecular complexity index is 986. The van der Waals surface area contributed by atoms with Crippen molar-refractivity contribution in [1.29, 1.82) is 0 Å². The predicted molar refractivity (Wildman–Crippen MR) is 138 cm³/mol. The molecular formula is C29H36N2OS. The van der Waals surface area contributed by atoms with Gasteiger partial charge in [-0.25, -0.2) is 0 Å². The van der Waals surface area contributed by atoms with Gasteiger partial charge in [-0.3, -0.25) is 4.79 Å². The van der Waals surface area contributed by atoms with E-state index in [-0.39, 0.29) is 5.91 Å². The van der Waals surface area contributed by atoms with Crippen LogP contribution in [0, 0.1) is 17.8 Å². The lowest BCUT2D eigenvalue weighted by atomic mass is 9.68. The molecule has 0 aromatic heterocycles. The molecule has 3 nitrogen and oxygen atoms in total. The first-order chi connectivity index (χ1) is 16.3. The van der Waals surface area contributed by atoms with Crippen molar-refractivity contribution in [2.24, 2.45) is 17.8 Å². The van der Waals surface area contributed by atoms with Crippen LogP contribution in [0.1, 0.15) is 84.8 Å². The number of fused-ring (bicyclic) bond motifs is 7. The number of anilines is 1. The zero-order valence-electron chi connectivity index (χ0n) is 19.5. The topological polar surface area (TPSA) is 41.1 Å². The van der Waals surface area contributed by atoms with E-state index in [4.69, 9.17) is 0 Å². The van der Waals surface area contributed by atoms with Gasteiger partial charge in [0.1, 0.15) is 0 Å². The van der Waals surface area contributed by atoms with Crippen molar-refractivity contribution in [3.05, 3.63) is 65.2 Å². The second-order valence-electron chi connectivity index (χ2n) is 10.7. The summed E-state index contributed by atoms with van der Waals surface area (Å²) < 4.78 is 0. The van der Waals surface area contributed by atoms with E-state index in [1.807, 2.05) is 6.07 Å². The highest BCUT2D eigenvalue weighted by Gasteiger charge is 2.53. The molecule has 6 rings (SSSR count). The zero-order chi connectivity index (χ0) is 22.2. The molecule has 33 heavy (non-hydrogen) atoms. The Kier molecular flexibility index (Phi) is 6.13. The van der Waals surface area contributed by atoms with Gasteiger partial charge in [0.25, 0.3) is 5.91 Å². The highest BCUT2D eigenvalue weighted by atomic mass is 32.2. The number of amides is 1. The van der Waals surface area contributed by atoms with E-state index < -0.39 is 0 Å². The Morgan fingerprint density at radius 1 is 0.970 bits per heavy atom. The number of thioether (sulfide) groups is 1. The molecule has 2 bridgehead atoms. The number of nitrogens with one attached hydrogen (secondary N) is 2. The van der Waals surface area contributed by atoms with Gasteiger partial charge in [0.15, 0.2) is 0 Å². The largest absolute Gasteiger partial charge is 0.378 e. The van der Waals surface area contributed by atoms with Gasteiger partial charge in [-0.1, -0.05) is 49.6 Å². The molecule has 5 atom stereocenters. The van der Waals surface area contributed by atoms with Crippen molar-refractivity contribution >= 4 is 23.4 Å². The number of hydrogen-bond donors (Lipinski definition) is 2. The number of hydrogen-bond acceptors (Lipinski definition) is 3. The molecule has 4 heteroatoms. The molecule has 4 aliphatic rings. The lowest BCUT2D eigenvalue weighted by Gasteiger charge is -2.43. The predicted octanol–water partition coefficient (Wildman–Crippen LogP) is 6.78. The normalized spacial score (nSPS) is 30.4. The Morgan fingerprint density at radius 3 is 2.64 bits per heavy atom. The SMILES string of the molecule is O=C(NCCSC1CCCCC1)c1ccc2c(c1)[C@@H]1[C@H]3CC[C@@H](C3)[C@@H]1[C@@H](c1ccccc1)N2. The molecule has 3 fully saturated rings. The molecular weight excluding hydrogens is 424 g/mol. The molecule has 174 valence electrons. The van der Waals surface area contributed by atoms with Crippen LogP contribution in [0.5, 0.6) is 0 Å². The van der Waals surface area contributed by atoms with Gasteiger partial charge in [-0.2, -0.15) is 11.8 Å². The van der Waals surface area contributed by atoms with E-state index in [0.29, 0.717) is 17.9 Å². The van der Waals surface area contributed by atoms with Crippen LogP contribution >= 0.6 is 11.8 Å². The van der Waals surface area contributed by atoms with E-state index in [2.05, 4.69) is 64.9 Å². The molecule has 2 aromatic rings. The quantitative estimate of drug-likeness (QED) is 0.467. The first kappa shape index (κ1) is 21.6. The highest BCUT2D eigenvalue weighted by Crippen LogP contribution is 2.63. The van der Waals surface area contributed by atoms with Gasteiger partial charge in [-0.05, 0) is 85.1 Å². The summed E-state index contributed by atoms with van der Waals surface area (Å²) in [7, 11) is 0. The molecule has 3 aliphatic carbocycles. The summed E-state index contributed by atoms with van der Waals surface area (Å²) in [5.74, 6) is 3.92. The summed E-state index contributed by atoms with van der Waals surface area (Å²) >= 11 is 2.05. The maximum atomic E-state index is 13.0. The van der Waals surface area contributed by atoms with Gasteiger partial charge in [0, 0.05) is 28.8 Å². The first-order valence-electron chi connectivity index (χ1n) is 13.1. The standard InChI is InChI=1S/C29H36N2OS/c32-29(30-15-16-33-23-9-5-2-6-10-23)22-13-14-25-24(18-22)26-20-11-12-21(17-20)27(26)28(31-25)19-7-3-1-4-8-19/h1,3-4,7-8,13-14,18,20-21,23,26-28,31H,2,5-6,9-12,15-17H2,(H,30,32)/t20-,21-,26-,27-,28+/m0/s1. The summed E-state index contributed by atoms with van der Waals surface area (Å²) in [6.07, 6.45) is 10.9. The zero-order valence-corrected chi connectivity index (χ0v) is 20.3. The van der Waals surface area contributed by atoms with E-state index in [0.717, 1.165) is 34.9 Å². The molecule has 0 radical (unpaired) electrons. The Balaban J connectivity index is 1.17. The van der Waals surface area contributed by atoms with Crippen LogP contribution in [0.25, 0.3) is 0 Å². The summed E-state index contributed by atoms with van der Waals surface area (Å²) in [6.45, 7) is 0.766. The average molecular weight is 461 g/mol. The van der Waals surface area contributed by atoms with E-state index in [1.54, 1.807) is 0 Å². The smallest absolute Gasteiger partial charge is 0.251 e. The fraction of sp³-hybridized carbons (Fsp3) is 0.552. The number of benzene rings is 2.